The molecule has 0 atom stereocenters. The van der Waals surface area contributed by atoms with Crippen LogP contribution in [0.2, 0.25) is 0 Å². The van der Waals surface area contributed by atoms with Crippen LogP contribution >= 0.6 is 0 Å². The molecule has 0 spiro atoms. The van der Waals surface area contributed by atoms with Gasteiger partial charge in [-0.25, -0.2) is 4.79 Å². The molecule has 3 heteroatoms. The van der Waals surface area contributed by atoms with Crippen LogP contribution in [0.4, 0.5) is 4.79 Å². The second-order valence-corrected chi connectivity index (χ2v) is 5.46. The van der Waals surface area contributed by atoms with Gasteiger partial charge in [0.15, 0.2) is 0 Å². The van der Waals surface area contributed by atoms with Crippen LogP contribution in [0.5, 0.6) is 0 Å². The van der Waals surface area contributed by atoms with Gasteiger partial charge in [-0.2, -0.15) is 0 Å². The minimum Gasteiger partial charge on any atom is -0.465 e. The fraction of sp³-hybridized carbons (Fsp3) is 0.632. The Morgan fingerprint density at radius 2 is 1.77 bits per heavy atom. The zero-order valence-corrected chi connectivity index (χ0v) is 14.7. The van der Waals surface area contributed by atoms with Crippen molar-refractivity contribution in [1.29, 1.82) is 0 Å². The summed E-state index contributed by atoms with van der Waals surface area (Å²) in [6, 6.07) is 8.81. The smallest absolute Gasteiger partial charge is 0.404 e. The maximum absolute atomic E-state index is 10.2. The molecule has 0 bridgehead atoms. The number of hydrogen-bond acceptors (Lipinski definition) is 1. The average molecular weight is 307 g/mol. The molecule has 1 fully saturated rings. The maximum atomic E-state index is 10.2. The number of amides is 1. The van der Waals surface area contributed by atoms with Gasteiger partial charge >= 0.3 is 6.09 Å². The quantitative estimate of drug-likeness (QED) is 0.768. The van der Waals surface area contributed by atoms with E-state index in [2.05, 4.69) is 43.4 Å². The fourth-order valence-corrected chi connectivity index (χ4v) is 2.58. The average Bonchev–Trinajstić information content (AvgIpc) is 2.53. The Morgan fingerprint density at radius 3 is 2.27 bits per heavy atom. The van der Waals surface area contributed by atoms with E-state index in [0.717, 1.165) is 12.8 Å². The Morgan fingerprint density at radius 1 is 1.18 bits per heavy atom. The van der Waals surface area contributed by atoms with Crippen molar-refractivity contribution in [3.63, 3.8) is 0 Å². The molecule has 1 saturated carbocycles. The third kappa shape index (κ3) is 9.43. The van der Waals surface area contributed by atoms with Crippen LogP contribution in [0.3, 0.4) is 0 Å². The topological polar surface area (TPSA) is 49.3 Å². The Labute approximate surface area is 136 Å². The first-order valence-corrected chi connectivity index (χ1v) is 8.67. The zero-order chi connectivity index (χ0) is 16.8. The van der Waals surface area contributed by atoms with Gasteiger partial charge in [0.05, 0.1) is 0 Å². The molecule has 2 N–H and O–H groups in total. The summed E-state index contributed by atoms with van der Waals surface area (Å²) in [7, 11) is 0. The Hall–Kier alpha value is -1.51. The molecule has 1 aliphatic rings. The summed E-state index contributed by atoms with van der Waals surface area (Å²) in [5.74, 6) is 0. The first-order valence-electron chi connectivity index (χ1n) is 8.67. The molecular formula is C19H33NO2. The predicted octanol–water partition coefficient (Wildman–Crippen LogP) is 5.56. The molecule has 0 radical (unpaired) electrons. The standard InChI is InChI=1S/C10H14.C7H13NO2.C2H6/c1-3-6-10-8-5-4-7-9(10)2;9-7(10)8-6-4-2-1-3-5-6;1-2/h4-5,7-8H,3,6H2,1-2H3;6,8H,1-5H2,(H,9,10);1-2H3. The van der Waals surface area contributed by atoms with E-state index in [1.807, 2.05) is 13.8 Å². The number of aryl methyl sites for hydroxylation is 2. The van der Waals surface area contributed by atoms with Gasteiger partial charge in [0.2, 0.25) is 0 Å². The molecule has 2 rings (SSSR count). The van der Waals surface area contributed by atoms with Crippen molar-refractivity contribution in [3.8, 4) is 0 Å². The molecule has 3 nitrogen and oxygen atoms in total. The highest BCUT2D eigenvalue weighted by atomic mass is 16.4. The molecular weight excluding hydrogens is 274 g/mol. The van der Waals surface area contributed by atoms with E-state index in [4.69, 9.17) is 5.11 Å². The highest BCUT2D eigenvalue weighted by Gasteiger charge is 2.14. The van der Waals surface area contributed by atoms with E-state index in [1.54, 1.807) is 0 Å². The molecule has 0 aliphatic heterocycles. The lowest BCUT2D eigenvalue weighted by molar-refractivity contribution is 0.186. The van der Waals surface area contributed by atoms with E-state index in [0.29, 0.717) is 0 Å². The van der Waals surface area contributed by atoms with Crippen molar-refractivity contribution in [2.75, 3.05) is 0 Å². The van der Waals surface area contributed by atoms with Crippen molar-refractivity contribution in [2.24, 2.45) is 0 Å². The van der Waals surface area contributed by atoms with Crippen molar-refractivity contribution in [1.82, 2.24) is 5.32 Å². The monoisotopic (exact) mass is 307 g/mol. The van der Waals surface area contributed by atoms with Gasteiger partial charge in [0.1, 0.15) is 0 Å². The second-order valence-electron chi connectivity index (χ2n) is 5.46. The maximum Gasteiger partial charge on any atom is 0.404 e. The lowest BCUT2D eigenvalue weighted by Gasteiger charge is -2.20. The van der Waals surface area contributed by atoms with Crippen LogP contribution in [0.1, 0.15) is 70.4 Å². The minimum atomic E-state index is -0.882. The van der Waals surface area contributed by atoms with Crippen LogP contribution < -0.4 is 5.32 Å². The highest BCUT2D eigenvalue weighted by Crippen LogP contribution is 2.16. The van der Waals surface area contributed by atoms with Gasteiger partial charge in [-0.1, -0.05) is 70.7 Å². The first-order chi connectivity index (χ1) is 10.6. The third-order valence-electron chi connectivity index (χ3n) is 3.71. The van der Waals surface area contributed by atoms with Crippen LogP contribution in [0.15, 0.2) is 24.3 Å². The Kier molecular flexibility index (Phi) is 12.3. The van der Waals surface area contributed by atoms with Crippen molar-refractivity contribution >= 4 is 6.09 Å². The van der Waals surface area contributed by atoms with Gasteiger partial charge in [-0.3, -0.25) is 0 Å². The van der Waals surface area contributed by atoms with E-state index >= 15 is 0 Å². The number of benzene rings is 1. The van der Waals surface area contributed by atoms with Crippen LogP contribution in [0.25, 0.3) is 0 Å². The number of hydrogen-bond donors (Lipinski definition) is 2. The summed E-state index contributed by atoms with van der Waals surface area (Å²) in [6.07, 6.45) is 7.22. The van der Waals surface area contributed by atoms with Crippen molar-refractivity contribution in [2.45, 2.75) is 78.7 Å². The number of rotatable bonds is 3. The summed E-state index contributed by atoms with van der Waals surface area (Å²) >= 11 is 0. The molecule has 1 aliphatic carbocycles. The summed E-state index contributed by atoms with van der Waals surface area (Å²) in [5.41, 5.74) is 2.91. The van der Waals surface area contributed by atoms with Crippen LogP contribution in [-0.2, 0) is 6.42 Å². The van der Waals surface area contributed by atoms with Crippen molar-refractivity contribution < 1.29 is 9.90 Å². The fourth-order valence-electron chi connectivity index (χ4n) is 2.58. The van der Waals surface area contributed by atoms with Crippen LogP contribution in [-0.4, -0.2) is 17.2 Å². The van der Waals surface area contributed by atoms with E-state index in [1.165, 1.54) is 43.2 Å². The molecule has 0 aromatic heterocycles. The van der Waals surface area contributed by atoms with E-state index in [9.17, 15) is 4.79 Å². The molecule has 1 aromatic carbocycles. The van der Waals surface area contributed by atoms with Gasteiger partial charge in [-0.15, -0.1) is 0 Å². The number of carbonyl (C=O) groups is 1. The molecule has 1 amide bonds. The summed E-state index contributed by atoms with van der Waals surface area (Å²) in [5, 5.41) is 10.9. The van der Waals surface area contributed by atoms with Crippen molar-refractivity contribution in [3.05, 3.63) is 35.4 Å². The summed E-state index contributed by atoms with van der Waals surface area (Å²) in [6.45, 7) is 8.39. The Balaban J connectivity index is 0.000000360. The van der Waals surface area contributed by atoms with Crippen LogP contribution in [0, 0.1) is 6.92 Å². The third-order valence-corrected chi connectivity index (χ3v) is 3.71. The number of nitrogens with one attached hydrogen (secondary N) is 1. The second kappa shape index (κ2) is 13.2. The molecule has 126 valence electrons. The molecule has 1 aromatic rings. The first kappa shape index (κ1) is 20.5. The molecule has 0 heterocycles. The highest BCUT2D eigenvalue weighted by molar-refractivity contribution is 5.64. The normalized spacial score (nSPS) is 14.0. The SMILES string of the molecule is CC.CCCc1ccccc1C.O=C(O)NC1CCCCC1. The zero-order valence-electron chi connectivity index (χ0n) is 14.7. The lowest BCUT2D eigenvalue weighted by Crippen LogP contribution is -2.34. The van der Waals surface area contributed by atoms with Gasteiger partial charge in [0.25, 0.3) is 0 Å². The molecule has 22 heavy (non-hydrogen) atoms. The van der Waals surface area contributed by atoms with E-state index < -0.39 is 6.09 Å². The largest absolute Gasteiger partial charge is 0.465 e. The summed E-state index contributed by atoms with van der Waals surface area (Å²) < 4.78 is 0. The van der Waals surface area contributed by atoms with Gasteiger partial charge in [0, 0.05) is 6.04 Å². The van der Waals surface area contributed by atoms with Gasteiger partial charge in [-0.05, 0) is 37.3 Å². The van der Waals surface area contributed by atoms with Gasteiger partial charge < -0.3 is 10.4 Å². The molecule has 0 saturated heterocycles. The summed E-state index contributed by atoms with van der Waals surface area (Å²) in [4.78, 5) is 10.2. The predicted molar refractivity (Wildman–Crippen MR) is 94.6 cm³/mol. The molecule has 0 unspecified atom stereocenters. The minimum absolute atomic E-state index is 0.228. The van der Waals surface area contributed by atoms with E-state index in [-0.39, 0.29) is 6.04 Å². The Bertz CT molecular complexity index is 398. The number of carboxylic acid groups (broad SMARTS) is 1. The lowest BCUT2D eigenvalue weighted by atomic mass is 9.96.